The quantitative estimate of drug-likeness (QED) is 0.697. The highest BCUT2D eigenvalue weighted by Crippen LogP contribution is 2.49. The number of hydrogen-bond acceptors (Lipinski definition) is 2. The van der Waals surface area contributed by atoms with Crippen LogP contribution in [-0.4, -0.2) is 19.0 Å². The van der Waals surface area contributed by atoms with E-state index in [0.717, 1.165) is 24.7 Å². The second kappa shape index (κ2) is 4.65. The predicted octanol–water partition coefficient (Wildman–Crippen LogP) is 2.81. The van der Waals surface area contributed by atoms with Gasteiger partial charge < -0.3 is 4.74 Å². The van der Waals surface area contributed by atoms with Crippen LogP contribution in [0.3, 0.4) is 0 Å². The maximum absolute atomic E-state index is 11.9. The highest BCUT2D eigenvalue weighted by atomic mass is 16.5. The Morgan fingerprint density at radius 1 is 1.40 bits per heavy atom. The van der Waals surface area contributed by atoms with Gasteiger partial charge in [-0.2, -0.15) is 0 Å². The lowest BCUT2D eigenvalue weighted by atomic mass is 9.84. The van der Waals surface area contributed by atoms with E-state index in [2.05, 4.69) is 0 Å². The van der Waals surface area contributed by atoms with Crippen LogP contribution in [0.4, 0.5) is 0 Å². The SMILES string of the molecule is CCC(OC)C(=O)CC1CC2CCC1C2. The van der Waals surface area contributed by atoms with Gasteiger partial charge in [0.05, 0.1) is 0 Å². The van der Waals surface area contributed by atoms with E-state index in [1.54, 1.807) is 7.11 Å². The Bertz CT molecular complexity index is 233. The number of rotatable bonds is 5. The molecule has 2 fully saturated rings. The minimum Gasteiger partial charge on any atom is -0.374 e. The summed E-state index contributed by atoms with van der Waals surface area (Å²) in [7, 11) is 1.65. The summed E-state index contributed by atoms with van der Waals surface area (Å²) in [6.07, 6.45) is 6.91. The zero-order valence-corrected chi connectivity index (χ0v) is 9.87. The standard InChI is InChI=1S/C13H22O2/c1-3-13(15-2)12(14)8-11-7-9-4-5-10(11)6-9/h9-11,13H,3-8H2,1-2H3. The molecule has 4 atom stereocenters. The monoisotopic (exact) mass is 210 g/mol. The van der Waals surface area contributed by atoms with E-state index in [0.29, 0.717) is 11.7 Å². The number of methoxy groups -OCH3 is 1. The topological polar surface area (TPSA) is 26.3 Å². The second-order valence-corrected chi connectivity index (χ2v) is 5.24. The molecule has 0 aromatic carbocycles. The summed E-state index contributed by atoms with van der Waals surface area (Å²) in [5, 5.41) is 0. The van der Waals surface area contributed by atoms with E-state index < -0.39 is 0 Å². The number of ketones is 1. The molecule has 0 radical (unpaired) electrons. The number of Topliss-reactive ketones (excluding diaryl/α,β-unsaturated/α-hetero) is 1. The van der Waals surface area contributed by atoms with Gasteiger partial charge in [-0.1, -0.05) is 13.3 Å². The maximum atomic E-state index is 11.9. The molecule has 2 aliphatic rings. The number of carbonyl (C=O) groups is 1. The van der Waals surface area contributed by atoms with Crippen LogP contribution in [0.1, 0.15) is 45.4 Å². The number of ether oxygens (including phenoxy) is 1. The first-order chi connectivity index (χ1) is 7.24. The van der Waals surface area contributed by atoms with Gasteiger partial charge >= 0.3 is 0 Å². The third-order valence-corrected chi connectivity index (χ3v) is 4.36. The summed E-state index contributed by atoms with van der Waals surface area (Å²) in [5.74, 6) is 2.81. The molecule has 86 valence electrons. The average molecular weight is 210 g/mol. The van der Waals surface area contributed by atoms with Crippen molar-refractivity contribution < 1.29 is 9.53 Å². The number of fused-ring (bicyclic) bond motifs is 2. The van der Waals surface area contributed by atoms with Gasteiger partial charge in [0.15, 0.2) is 5.78 Å². The van der Waals surface area contributed by atoms with Gasteiger partial charge in [0.1, 0.15) is 6.10 Å². The number of hydrogen-bond donors (Lipinski definition) is 0. The van der Waals surface area contributed by atoms with Crippen LogP contribution >= 0.6 is 0 Å². The highest BCUT2D eigenvalue weighted by Gasteiger charge is 2.40. The van der Waals surface area contributed by atoms with Crippen molar-refractivity contribution in [3.63, 3.8) is 0 Å². The van der Waals surface area contributed by atoms with Crippen molar-refractivity contribution in [2.45, 2.75) is 51.6 Å². The molecule has 0 N–H and O–H groups in total. The largest absolute Gasteiger partial charge is 0.374 e. The Hall–Kier alpha value is -0.370. The molecule has 4 unspecified atom stereocenters. The van der Waals surface area contributed by atoms with Gasteiger partial charge in [0.25, 0.3) is 0 Å². The molecule has 0 aliphatic heterocycles. The molecule has 2 aliphatic carbocycles. The van der Waals surface area contributed by atoms with E-state index >= 15 is 0 Å². The molecule has 0 spiro atoms. The predicted molar refractivity (Wildman–Crippen MR) is 59.7 cm³/mol. The fourth-order valence-corrected chi connectivity index (χ4v) is 3.54. The van der Waals surface area contributed by atoms with E-state index in [9.17, 15) is 4.79 Å². The van der Waals surface area contributed by atoms with Crippen LogP contribution in [0.2, 0.25) is 0 Å². The van der Waals surface area contributed by atoms with Crippen LogP contribution in [0.15, 0.2) is 0 Å². The lowest BCUT2D eigenvalue weighted by molar-refractivity contribution is -0.130. The van der Waals surface area contributed by atoms with Gasteiger partial charge in [-0.05, 0) is 43.4 Å². The van der Waals surface area contributed by atoms with Crippen molar-refractivity contribution in [2.75, 3.05) is 7.11 Å². The van der Waals surface area contributed by atoms with Crippen molar-refractivity contribution in [1.29, 1.82) is 0 Å². The normalized spacial score (nSPS) is 35.7. The Morgan fingerprint density at radius 3 is 2.67 bits per heavy atom. The highest BCUT2D eigenvalue weighted by molar-refractivity contribution is 5.83. The minimum absolute atomic E-state index is 0.149. The fraction of sp³-hybridized carbons (Fsp3) is 0.923. The molecule has 0 saturated heterocycles. The van der Waals surface area contributed by atoms with Crippen molar-refractivity contribution in [1.82, 2.24) is 0 Å². The molecule has 0 aromatic rings. The Morgan fingerprint density at radius 2 is 2.20 bits per heavy atom. The van der Waals surface area contributed by atoms with Crippen molar-refractivity contribution in [3.8, 4) is 0 Å². The van der Waals surface area contributed by atoms with Crippen LogP contribution in [-0.2, 0) is 9.53 Å². The number of carbonyl (C=O) groups excluding carboxylic acids is 1. The smallest absolute Gasteiger partial charge is 0.161 e. The van der Waals surface area contributed by atoms with Gasteiger partial charge in [-0.15, -0.1) is 0 Å². The van der Waals surface area contributed by atoms with Crippen LogP contribution < -0.4 is 0 Å². The Balaban J connectivity index is 1.84. The first kappa shape index (κ1) is 11.1. The zero-order valence-electron chi connectivity index (χ0n) is 9.87. The zero-order chi connectivity index (χ0) is 10.8. The molecular formula is C13H22O2. The third-order valence-electron chi connectivity index (χ3n) is 4.36. The van der Waals surface area contributed by atoms with Gasteiger partial charge in [-0.3, -0.25) is 4.79 Å². The van der Waals surface area contributed by atoms with Crippen molar-refractivity contribution in [3.05, 3.63) is 0 Å². The summed E-state index contributed by atoms with van der Waals surface area (Å²) in [5.41, 5.74) is 0. The van der Waals surface area contributed by atoms with Crippen molar-refractivity contribution in [2.24, 2.45) is 17.8 Å². The first-order valence-corrected chi connectivity index (χ1v) is 6.30. The molecule has 2 heteroatoms. The average Bonchev–Trinajstić information content (AvgIpc) is 2.81. The van der Waals surface area contributed by atoms with Gasteiger partial charge in [-0.25, -0.2) is 0 Å². The molecule has 2 bridgehead atoms. The molecule has 0 aromatic heterocycles. The molecule has 0 heterocycles. The van der Waals surface area contributed by atoms with E-state index in [1.165, 1.54) is 25.7 Å². The fourth-order valence-electron chi connectivity index (χ4n) is 3.54. The van der Waals surface area contributed by atoms with Gasteiger partial charge in [0, 0.05) is 13.5 Å². The van der Waals surface area contributed by atoms with Gasteiger partial charge in [0.2, 0.25) is 0 Å². The second-order valence-electron chi connectivity index (χ2n) is 5.24. The molecule has 2 nitrogen and oxygen atoms in total. The molecule has 2 rings (SSSR count). The summed E-state index contributed by atoms with van der Waals surface area (Å²) in [6.45, 7) is 2.02. The maximum Gasteiger partial charge on any atom is 0.161 e. The van der Waals surface area contributed by atoms with E-state index in [4.69, 9.17) is 4.74 Å². The van der Waals surface area contributed by atoms with E-state index in [-0.39, 0.29) is 6.10 Å². The van der Waals surface area contributed by atoms with Crippen LogP contribution in [0.5, 0.6) is 0 Å². The minimum atomic E-state index is -0.149. The summed E-state index contributed by atoms with van der Waals surface area (Å²) in [4.78, 5) is 11.9. The Kier molecular flexibility index (Phi) is 3.45. The molecule has 2 saturated carbocycles. The summed E-state index contributed by atoms with van der Waals surface area (Å²) in [6, 6.07) is 0. The van der Waals surface area contributed by atoms with E-state index in [1.807, 2.05) is 6.92 Å². The molecular weight excluding hydrogens is 188 g/mol. The summed E-state index contributed by atoms with van der Waals surface area (Å²) < 4.78 is 5.20. The third kappa shape index (κ3) is 2.25. The lowest BCUT2D eigenvalue weighted by Gasteiger charge is -2.22. The van der Waals surface area contributed by atoms with Crippen LogP contribution in [0, 0.1) is 17.8 Å². The van der Waals surface area contributed by atoms with Crippen molar-refractivity contribution >= 4 is 5.78 Å². The molecule has 0 amide bonds. The Labute approximate surface area is 92.4 Å². The van der Waals surface area contributed by atoms with Crippen LogP contribution in [0.25, 0.3) is 0 Å². The first-order valence-electron chi connectivity index (χ1n) is 6.30. The molecule has 15 heavy (non-hydrogen) atoms. The lowest BCUT2D eigenvalue weighted by Crippen LogP contribution is -2.26. The summed E-state index contributed by atoms with van der Waals surface area (Å²) >= 11 is 0.